The van der Waals surface area contributed by atoms with Crippen molar-refractivity contribution in [1.82, 2.24) is 0 Å². The van der Waals surface area contributed by atoms with Crippen LogP contribution in [0, 0.1) is 15.9 Å². The number of nitro groups is 1. The lowest BCUT2D eigenvalue weighted by molar-refractivity contribution is -0.384. The van der Waals surface area contributed by atoms with Gasteiger partial charge in [-0.15, -0.1) is 0 Å². The van der Waals surface area contributed by atoms with Crippen molar-refractivity contribution in [3.05, 3.63) is 106 Å². The van der Waals surface area contributed by atoms with Crippen molar-refractivity contribution in [3.63, 3.8) is 0 Å². The maximum absolute atomic E-state index is 14.5. The van der Waals surface area contributed by atoms with Crippen LogP contribution in [0.25, 0.3) is 5.57 Å². The highest BCUT2D eigenvalue weighted by Crippen LogP contribution is 2.40. The Morgan fingerprint density at radius 1 is 0.844 bits per heavy atom. The Balaban J connectivity index is 1.69. The molecule has 0 aromatic heterocycles. The third-order valence-corrected chi connectivity index (χ3v) is 5.68. The second kappa shape index (κ2) is 7.42. The number of carbonyl (C=O) groups excluding carboxylic acids is 2. The van der Waals surface area contributed by atoms with Gasteiger partial charge in [0, 0.05) is 24.4 Å². The van der Waals surface area contributed by atoms with Crippen LogP contribution >= 0.6 is 0 Å². The molecule has 0 unspecified atom stereocenters. The van der Waals surface area contributed by atoms with E-state index in [1.807, 2.05) is 24.3 Å². The van der Waals surface area contributed by atoms with Crippen LogP contribution in [0.1, 0.15) is 11.1 Å². The smallest absolute Gasteiger partial charge is 0.282 e. The predicted molar refractivity (Wildman–Crippen MR) is 116 cm³/mol. The van der Waals surface area contributed by atoms with Crippen molar-refractivity contribution in [2.75, 3.05) is 16.3 Å². The number of anilines is 2. The number of nitrogens with zero attached hydrogens (tertiary/aromatic N) is 3. The quantitative estimate of drug-likeness (QED) is 0.355. The van der Waals surface area contributed by atoms with E-state index in [4.69, 9.17) is 0 Å². The van der Waals surface area contributed by atoms with Crippen LogP contribution < -0.4 is 9.80 Å². The van der Waals surface area contributed by atoms with Gasteiger partial charge in [-0.3, -0.25) is 19.7 Å². The molecule has 2 heterocycles. The lowest BCUT2D eigenvalue weighted by Crippen LogP contribution is -2.35. The molecule has 7 nitrogen and oxygen atoms in total. The van der Waals surface area contributed by atoms with E-state index in [9.17, 15) is 24.1 Å². The van der Waals surface area contributed by atoms with Gasteiger partial charge in [-0.25, -0.2) is 9.29 Å². The minimum absolute atomic E-state index is 0.0878. The number of non-ortho nitro benzene ring substituents is 1. The molecule has 0 saturated heterocycles. The van der Waals surface area contributed by atoms with Gasteiger partial charge in [0.25, 0.3) is 17.5 Å². The van der Waals surface area contributed by atoms with Gasteiger partial charge < -0.3 is 4.90 Å². The monoisotopic (exact) mass is 429 g/mol. The zero-order valence-corrected chi connectivity index (χ0v) is 16.7. The summed E-state index contributed by atoms with van der Waals surface area (Å²) in [5.41, 5.74) is 2.15. The van der Waals surface area contributed by atoms with Gasteiger partial charge in [0.2, 0.25) is 0 Å². The average molecular weight is 429 g/mol. The SMILES string of the molecule is O=C1C(c2ccc([N+](=O)[O-])cc2)=C(N2CCc3ccccc32)C(=O)N1c1ccccc1F. The molecule has 0 saturated carbocycles. The number of hydrogen-bond acceptors (Lipinski definition) is 5. The molecule has 0 N–H and O–H groups in total. The van der Waals surface area contributed by atoms with Crippen LogP contribution in [-0.2, 0) is 16.0 Å². The van der Waals surface area contributed by atoms with Gasteiger partial charge in [-0.1, -0.05) is 30.3 Å². The molecule has 0 radical (unpaired) electrons. The highest BCUT2D eigenvalue weighted by atomic mass is 19.1. The van der Waals surface area contributed by atoms with Gasteiger partial charge in [0.15, 0.2) is 0 Å². The molecular formula is C24H16FN3O4. The fourth-order valence-electron chi connectivity index (χ4n) is 4.20. The molecule has 8 heteroatoms. The number of carbonyl (C=O) groups is 2. The fraction of sp³-hybridized carbons (Fsp3) is 0.0833. The van der Waals surface area contributed by atoms with Gasteiger partial charge in [-0.2, -0.15) is 0 Å². The minimum atomic E-state index is -0.694. The zero-order valence-electron chi connectivity index (χ0n) is 16.7. The first kappa shape index (κ1) is 19.6. The van der Waals surface area contributed by atoms with Crippen molar-refractivity contribution in [2.24, 2.45) is 0 Å². The Morgan fingerprint density at radius 3 is 2.19 bits per heavy atom. The largest absolute Gasteiger partial charge is 0.336 e. The first-order valence-electron chi connectivity index (χ1n) is 9.95. The van der Waals surface area contributed by atoms with E-state index in [1.54, 1.807) is 11.0 Å². The van der Waals surface area contributed by atoms with Crippen LogP contribution in [0.3, 0.4) is 0 Å². The molecule has 0 bridgehead atoms. The number of amides is 2. The molecule has 0 aliphatic carbocycles. The van der Waals surface area contributed by atoms with E-state index in [1.165, 1.54) is 42.5 Å². The number of halogens is 1. The summed E-state index contributed by atoms with van der Waals surface area (Å²) in [5, 5.41) is 11.0. The first-order valence-corrected chi connectivity index (χ1v) is 9.95. The summed E-state index contributed by atoms with van der Waals surface area (Å²) in [6, 6.07) is 18.6. The lowest BCUT2D eigenvalue weighted by Gasteiger charge is -2.22. The molecular weight excluding hydrogens is 413 g/mol. The summed E-state index contributed by atoms with van der Waals surface area (Å²) in [7, 11) is 0. The molecule has 0 atom stereocenters. The van der Waals surface area contributed by atoms with Gasteiger partial charge >= 0.3 is 0 Å². The van der Waals surface area contributed by atoms with E-state index in [0.717, 1.165) is 16.2 Å². The summed E-state index contributed by atoms with van der Waals surface area (Å²) >= 11 is 0. The Bertz CT molecular complexity index is 1320. The summed E-state index contributed by atoms with van der Waals surface area (Å²) in [6.45, 7) is 0.481. The normalized spacial score (nSPS) is 15.5. The molecule has 0 fully saturated rings. The molecule has 158 valence electrons. The van der Waals surface area contributed by atoms with Crippen molar-refractivity contribution >= 4 is 34.4 Å². The number of nitro benzene ring substituents is 1. The highest BCUT2D eigenvalue weighted by Gasteiger charge is 2.44. The average Bonchev–Trinajstić information content (AvgIpc) is 3.32. The highest BCUT2D eigenvalue weighted by molar-refractivity contribution is 6.46. The Hall–Kier alpha value is -4.33. The van der Waals surface area contributed by atoms with Crippen LogP contribution in [-0.4, -0.2) is 23.3 Å². The van der Waals surface area contributed by atoms with Crippen molar-refractivity contribution in [3.8, 4) is 0 Å². The van der Waals surface area contributed by atoms with Gasteiger partial charge in [-0.05, 0) is 47.9 Å². The van der Waals surface area contributed by atoms with E-state index in [-0.39, 0.29) is 22.6 Å². The molecule has 3 aromatic rings. The fourth-order valence-corrected chi connectivity index (χ4v) is 4.20. The molecule has 32 heavy (non-hydrogen) atoms. The first-order chi connectivity index (χ1) is 15.5. The number of imide groups is 1. The maximum Gasteiger partial charge on any atom is 0.282 e. The maximum atomic E-state index is 14.5. The topological polar surface area (TPSA) is 83.8 Å². The summed E-state index contributed by atoms with van der Waals surface area (Å²) in [6.07, 6.45) is 0.689. The van der Waals surface area contributed by atoms with E-state index in [2.05, 4.69) is 0 Å². The third-order valence-electron chi connectivity index (χ3n) is 5.68. The standard InChI is InChI=1S/C24H16FN3O4/c25-18-6-2-4-8-20(18)27-23(29)21(16-9-11-17(12-10-16)28(31)32)22(24(27)30)26-14-13-15-5-1-3-7-19(15)26/h1-12H,13-14H2. The van der Waals surface area contributed by atoms with Crippen molar-refractivity contribution in [2.45, 2.75) is 6.42 Å². The van der Waals surface area contributed by atoms with Crippen LogP contribution in [0.5, 0.6) is 0 Å². The minimum Gasteiger partial charge on any atom is -0.336 e. The number of hydrogen-bond donors (Lipinski definition) is 0. The van der Waals surface area contributed by atoms with Crippen LogP contribution in [0.15, 0.2) is 78.5 Å². The van der Waals surface area contributed by atoms with Gasteiger partial charge in [0.05, 0.1) is 16.2 Å². The molecule has 3 aromatic carbocycles. The number of fused-ring (bicyclic) bond motifs is 1. The Morgan fingerprint density at radius 2 is 1.50 bits per heavy atom. The van der Waals surface area contributed by atoms with E-state index >= 15 is 0 Å². The summed E-state index contributed by atoms with van der Waals surface area (Å²) in [5.74, 6) is -2.00. The van der Waals surface area contributed by atoms with Crippen molar-refractivity contribution in [1.29, 1.82) is 0 Å². The second-order valence-corrected chi connectivity index (χ2v) is 7.46. The number of rotatable bonds is 4. The molecule has 5 rings (SSSR count). The number of benzene rings is 3. The third kappa shape index (κ3) is 2.96. The van der Waals surface area contributed by atoms with E-state index in [0.29, 0.717) is 18.5 Å². The molecule has 2 aliphatic rings. The Kier molecular flexibility index (Phi) is 4.55. The van der Waals surface area contributed by atoms with Crippen LogP contribution in [0.4, 0.5) is 21.5 Å². The zero-order chi connectivity index (χ0) is 22.4. The molecule has 2 aliphatic heterocycles. The van der Waals surface area contributed by atoms with Crippen molar-refractivity contribution < 1.29 is 18.9 Å². The van der Waals surface area contributed by atoms with Gasteiger partial charge in [0.1, 0.15) is 11.5 Å². The number of para-hydroxylation sites is 2. The Labute approximate surface area is 182 Å². The second-order valence-electron chi connectivity index (χ2n) is 7.46. The summed E-state index contributed by atoms with van der Waals surface area (Å²) < 4.78 is 14.5. The molecule has 2 amide bonds. The van der Waals surface area contributed by atoms with Crippen LogP contribution in [0.2, 0.25) is 0 Å². The van der Waals surface area contributed by atoms with E-state index < -0.39 is 22.6 Å². The summed E-state index contributed by atoms with van der Waals surface area (Å²) in [4.78, 5) is 40.2. The molecule has 0 spiro atoms. The predicted octanol–water partition coefficient (Wildman–Crippen LogP) is 4.08. The lowest BCUT2D eigenvalue weighted by atomic mass is 10.0.